The van der Waals surface area contributed by atoms with Gasteiger partial charge in [-0.15, -0.1) is 0 Å². The SMILES string of the molecule is CC(C)(CN)CCNc1ccncc1. The smallest absolute Gasteiger partial charge is 0.0371 e. The number of nitrogens with one attached hydrogen (secondary N) is 1. The van der Waals surface area contributed by atoms with Crippen molar-refractivity contribution in [3.63, 3.8) is 0 Å². The van der Waals surface area contributed by atoms with Crippen molar-refractivity contribution in [3.05, 3.63) is 24.5 Å². The van der Waals surface area contributed by atoms with Gasteiger partial charge < -0.3 is 11.1 Å². The first-order chi connectivity index (χ1) is 6.64. The topological polar surface area (TPSA) is 50.9 Å². The zero-order chi connectivity index (χ0) is 10.4. The molecule has 1 heterocycles. The van der Waals surface area contributed by atoms with Crippen molar-refractivity contribution >= 4 is 5.69 Å². The van der Waals surface area contributed by atoms with Crippen molar-refractivity contribution in [3.8, 4) is 0 Å². The third-order valence-corrected chi connectivity index (χ3v) is 2.36. The molecule has 0 unspecified atom stereocenters. The van der Waals surface area contributed by atoms with Crippen LogP contribution in [-0.2, 0) is 0 Å². The average Bonchev–Trinajstić information content (AvgIpc) is 2.19. The second kappa shape index (κ2) is 4.96. The predicted octanol–water partition coefficient (Wildman–Crippen LogP) is 1.87. The highest BCUT2D eigenvalue weighted by Crippen LogP contribution is 2.17. The van der Waals surface area contributed by atoms with Gasteiger partial charge in [-0.05, 0) is 30.5 Å². The summed E-state index contributed by atoms with van der Waals surface area (Å²) in [4.78, 5) is 3.96. The number of rotatable bonds is 5. The molecule has 0 aliphatic heterocycles. The van der Waals surface area contributed by atoms with E-state index in [-0.39, 0.29) is 5.41 Å². The fourth-order valence-electron chi connectivity index (χ4n) is 1.12. The maximum atomic E-state index is 5.65. The van der Waals surface area contributed by atoms with Crippen molar-refractivity contribution in [2.75, 3.05) is 18.4 Å². The van der Waals surface area contributed by atoms with Gasteiger partial charge in [0.1, 0.15) is 0 Å². The second-order valence-electron chi connectivity index (χ2n) is 4.28. The van der Waals surface area contributed by atoms with Gasteiger partial charge in [-0.25, -0.2) is 0 Å². The van der Waals surface area contributed by atoms with Gasteiger partial charge in [-0.2, -0.15) is 0 Å². The van der Waals surface area contributed by atoms with Crippen LogP contribution in [0.4, 0.5) is 5.69 Å². The summed E-state index contributed by atoms with van der Waals surface area (Å²) in [6.45, 7) is 6.04. The van der Waals surface area contributed by atoms with E-state index >= 15 is 0 Å². The van der Waals surface area contributed by atoms with E-state index < -0.39 is 0 Å². The number of aromatic nitrogens is 1. The van der Waals surface area contributed by atoms with Gasteiger partial charge in [-0.1, -0.05) is 13.8 Å². The number of hydrogen-bond donors (Lipinski definition) is 2. The number of pyridine rings is 1. The van der Waals surface area contributed by atoms with Crippen LogP contribution in [0, 0.1) is 5.41 Å². The molecule has 0 radical (unpaired) electrons. The molecule has 0 aromatic carbocycles. The normalized spacial score (nSPS) is 11.4. The molecular formula is C11H19N3. The van der Waals surface area contributed by atoms with E-state index in [0.717, 1.165) is 25.2 Å². The molecule has 0 bridgehead atoms. The summed E-state index contributed by atoms with van der Waals surface area (Å²) in [7, 11) is 0. The molecule has 0 fully saturated rings. The molecule has 1 aromatic rings. The van der Waals surface area contributed by atoms with Crippen molar-refractivity contribution in [2.45, 2.75) is 20.3 Å². The van der Waals surface area contributed by atoms with Crippen LogP contribution in [0.1, 0.15) is 20.3 Å². The number of nitrogens with zero attached hydrogens (tertiary/aromatic N) is 1. The van der Waals surface area contributed by atoms with E-state index in [9.17, 15) is 0 Å². The van der Waals surface area contributed by atoms with Gasteiger partial charge in [-0.3, -0.25) is 4.98 Å². The first-order valence-corrected chi connectivity index (χ1v) is 4.98. The Kier molecular flexibility index (Phi) is 3.89. The molecule has 0 aliphatic carbocycles. The Hall–Kier alpha value is -1.09. The molecule has 78 valence electrons. The molecule has 0 aliphatic rings. The average molecular weight is 193 g/mol. The third-order valence-electron chi connectivity index (χ3n) is 2.36. The van der Waals surface area contributed by atoms with Crippen molar-refractivity contribution in [1.29, 1.82) is 0 Å². The van der Waals surface area contributed by atoms with Gasteiger partial charge in [0.25, 0.3) is 0 Å². The fraction of sp³-hybridized carbons (Fsp3) is 0.545. The Labute approximate surface area is 85.7 Å². The van der Waals surface area contributed by atoms with Crippen molar-refractivity contribution in [1.82, 2.24) is 4.98 Å². The molecule has 0 saturated carbocycles. The van der Waals surface area contributed by atoms with Gasteiger partial charge in [0.15, 0.2) is 0 Å². The van der Waals surface area contributed by atoms with Crippen LogP contribution in [0.5, 0.6) is 0 Å². The zero-order valence-electron chi connectivity index (χ0n) is 8.96. The quantitative estimate of drug-likeness (QED) is 0.750. The minimum Gasteiger partial charge on any atom is -0.385 e. The van der Waals surface area contributed by atoms with Gasteiger partial charge >= 0.3 is 0 Å². The molecule has 3 N–H and O–H groups in total. The van der Waals surface area contributed by atoms with Crippen LogP contribution in [0.2, 0.25) is 0 Å². The first kappa shape index (κ1) is 11.0. The Balaban J connectivity index is 2.29. The first-order valence-electron chi connectivity index (χ1n) is 4.98. The lowest BCUT2D eigenvalue weighted by Gasteiger charge is -2.22. The molecule has 0 atom stereocenters. The molecular weight excluding hydrogens is 174 g/mol. The summed E-state index contributed by atoms with van der Waals surface area (Å²) in [5, 5.41) is 3.34. The van der Waals surface area contributed by atoms with E-state index in [1.807, 2.05) is 12.1 Å². The largest absolute Gasteiger partial charge is 0.385 e. The lowest BCUT2D eigenvalue weighted by atomic mass is 9.90. The highest BCUT2D eigenvalue weighted by atomic mass is 14.9. The lowest BCUT2D eigenvalue weighted by molar-refractivity contribution is 0.358. The molecule has 0 spiro atoms. The lowest BCUT2D eigenvalue weighted by Crippen LogP contribution is -2.26. The van der Waals surface area contributed by atoms with Crippen LogP contribution >= 0.6 is 0 Å². The number of hydrogen-bond acceptors (Lipinski definition) is 3. The second-order valence-corrected chi connectivity index (χ2v) is 4.28. The maximum absolute atomic E-state index is 5.65. The van der Waals surface area contributed by atoms with E-state index in [2.05, 4.69) is 24.1 Å². The molecule has 1 rings (SSSR count). The highest BCUT2D eigenvalue weighted by molar-refractivity contribution is 5.40. The van der Waals surface area contributed by atoms with E-state index in [1.165, 1.54) is 0 Å². The van der Waals surface area contributed by atoms with Crippen LogP contribution in [0.15, 0.2) is 24.5 Å². The standard InChI is InChI=1S/C11H19N3/c1-11(2,9-12)5-8-14-10-3-6-13-7-4-10/h3-4,6-7H,5,8-9,12H2,1-2H3,(H,13,14). The summed E-state index contributed by atoms with van der Waals surface area (Å²) in [5.74, 6) is 0. The summed E-state index contributed by atoms with van der Waals surface area (Å²) < 4.78 is 0. The predicted molar refractivity (Wildman–Crippen MR) is 60.2 cm³/mol. The summed E-state index contributed by atoms with van der Waals surface area (Å²) in [6, 6.07) is 3.94. The van der Waals surface area contributed by atoms with Gasteiger partial charge in [0.2, 0.25) is 0 Å². The zero-order valence-corrected chi connectivity index (χ0v) is 8.96. The summed E-state index contributed by atoms with van der Waals surface area (Å²) in [6.07, 6.45) is 4.65. The van der Waals surface area contributed by atoms with E-state index in [4.69, 9.17) is 5.73 Å². The summed E-state index contributed by atoms with van der Waals surface area (Å²) in [5.41, 5.74) is 6.99. The van der Waals surface area contributed by atoms with Crippen LogP contribution in [0.3, 0.4) is 0 Å². The Morgan fingerprint density at radius 2 is 2.00 bits per heavy atom. The fourth-order valence-corrected chi connectivity index (χ4v) is 1.12. The van der Waals surface area contributed by atoms with Crippen LogP contribution < -0.4 is 11.1 Å². The molecule has 3 nitrogen and oxygen atoms in total. The Bertz CT molecular complexity index is 256. The number of anilines is 1. The van der Waals surface area contributed by atoms with Crippen LogP contribution in [-0.4, -0.2) is 18.1 Å². The molecule has 3 heteroatoms. The molecule has 0 amide bonds. The maximum Gasteiger partial charge on any atom is 0.0371 e. The van der Waals surface area contributed by atoms with Gasteiger partial charge in [0.05, 0.1) is 0 Å². The van der Waals surface area contributed by atoms with E-state index in [1.54, 1.807) is 12.4 Å². The third kappa shape index (κ3) is 3.75. The molecule has 14 heavy (non-hydrogen) atoms. The molecule has 1 aromatic heterocycles. The van der Waals surface area contributed by atoms with Crippen molar-refractivity contribution in [2.24, 2.45) is 11.1 Å². The van der Waals surface area contributed by atoms with Gasteiger partial charge in [0, 0.05) is 24.6 Å². The Morgan fingerprint density at radius 3 is 2.57 bits per heavy atom. The summed E-state index contributed by atoms with van der Waals surface area (Å²) >= 11 is 0. The highest BCUT2D eigenvalue weighted by Gasteiger charge is 2.14. The minimum absolute atomic E-state index is 0.222. The van der Waals surface area contributed by atoms with Crippen molar-refractivity contribution < 1.29 is 0 Å². The minimum atomic E-state index is 0.222. The number of nitrogens with two attached hydrogens (primary N) is 1. The van der Waals surface area contributed by atoms with E-state index in [0.29, 0.717) is 0 Å². The monoisotopic (exact) mass is 193 g/mol. The Morgan fingerprint density at radius 1 is 1.36 bits per heavy atom. The molecule has 0 saturated heterocycles. The van der Waals surface area contributed by atoms with Crippen LogP contribution in [0.25, 0.3) is 0 Å².